The average Bonchev–Trinajstić information content (AvgIpc) is 3.31. The molecule has 12 nitrogen and oxygen atoms in total. The minimum Gasteiger partial charge on any atom is -0.354 e. The van der Waals surface area contributed by atoms with Gasteiger partial charge in [-0.3, -0.25) is 14.7 Å². The van der Waals surface area contributed by atoms with Gasteiger partial charge < -0.3 is 24.8 Å². The number of nitrogens with one attached hydrogen (secondary N) is 3. The molecule has 0 radical (unpaired) electrons. The summed E-state index contributed by atoms with van der Waals surface area (Å²) in [5.41, 5.74) is 0.402. The van der Waals surface area contributed by atoms with Crippen molar-refractivity contribution in [2.24, 2.45) is 0 Å². The van der Waals surface area contributed by atoms with E-state index in [0.717, 1.165) is 0 Å². The predicted octanol–water partition coefficient (Wildman–Crippen LogP) is 1.30. The van der Waals surface area contributed by atoms with Crippen molar-refractivity contribution in [3.63, 3.8) is 0 Å². The zero-order valence-electron chi connectivity index (χ0n) is 19.0. The van der Waals surface area contributed by atoms with Gasteiger partial charge >= 0.3 is 6.03 Å². The average molecular weight is 447 g/mol. The van der Waals surface area contributed by atoms with Gasteiger partial charge in [0, 0.05) is 12.1 Å². The lowest BCUT2D eigenvalue weighted by Crippen LogP contribution is -2.43. The van der Waals surface area contributed by atoms with E-state index in [1.165, 1.54) is 12.7 Å². The van der Waals surface area contributed by atoms with Crippen molar-refractivity contribution in [1.29, 1.82) is 0 Å². The van der Waals surface area contributed by atoms with Crippen LogP contribution in [0.3, 0.4) is 0 Å². The fraction of sp³-hybridized carbons (Fsp3) is 0.650. The first-order valence-electron chi connectivity index (χ1n) is 10.5. The van der Waals surface area contributed by atoms with Gasteiger partial charge in [0.05, 0.1) is 6.33 Å². The first-order chi connectivity index (χ1) is 15.0. The molecular formula is C20H29N7O5. The number of aromatic nitrogens is 4. The summed E-state index contributed by atoms with van der Waals surface area (Å²) in [6.45, 7) is 11.5. The minimum atomic E-state index is -0.870. The largest absolute Gasteiger partial charge is 0.354 e. The summed E-state index contributed by atoms with van der Waals surface area (Å²) in [6, 6.07) is -0.408. The molecule has 3 amide bonds. The van der Waals surface area contributed by atoms with Gasteiger partial charge in [0.15, 0.2) is 35.1 Å². The number of amides is 3. The lowest BCUT2D eigenvalue weighted by atomic mass is 10.1. The molecule has 12 heteroatoms. The zero-order chi connectivity index (χ0) is 23.3. The molecule has 2 fully saturated rings. The van der Waals surface area contributed by atoms with Gasteiger partial charge in [0.25, 0.3) is 5.91 Å². The van der Waals surface area contributed by atoms with E-state index >= 15 is 0 Å². The maximum atomic E-state index is 12.6. The quantitative estimate of drug-likeness (QED) is 0.637. The summed E-state index contributed by atoms with van der Waals surface area (Å²) in [5.74, 6) is -0.883. The SMILES string of the molecule is CCNC(=O)[C@H]1O[C@@H](n2cnc3c(NC(=O)NC(C)(C)C)ncnc32)[C@@H]2OC(C)(C)O[C@@H]21. The van der Waals surface area contributed by atoms with Crippen molar-refractivity contribution >= 4 is 28.9 Å². The summed E-state index contributed by atoms with van der Waals surface area (Å²) >= 11 is 0. The van der Waals surface area contributed by atoms with Crippen LogP contribution >= 0.6 is 0 Å². The summed E-state index contributed by atoms with van der Waals surface area (Å²) in [5, 5.41) is 8.30. The number of carbonyl (C=O) groups excluding carboxylic acids is 2. The first-order valence-corrected chi connectivity index (χ1v) is 10.5. The standard InChI is InChI=1S/C20H29N7O5/c1-7-21-16(28)12-11-13(32-20(5,6)31-11)17(30-12)27-9-24-10-14(22-8-23-15(10)27)25-18(29)26-19(2,3)4/h8-9,11-13,17H,7H2,1-6H3,(H,21,28)(H2,22,23,25,26,29)/t11-,12+,13-,17-/m1/s1. The number of carbonyl (C=O) groups is 2. The number of rotatable bonds is 4. The minimum absolute atomic E-state index is 0.259. The second kappa shape index (κ2) is 7.94. The van der Waals surface area contributed by atoms with E-state index < -0.39 is 41.9 Å². The topological polar surface area (TPSA) is 142 Å². The number of anilines is 1. The molecule has 4 heterocycles. The number of hydrogen-bond acceptors (Lipinski definition) is 8. The highest BCUT2D eigenvalue weighted by Gasteiger charge is 2.58. The van der Waals surface area contributed by atoms with Crippen LogP contribution in [0.15, 0.2) is 12.7 Å². The van der Waals surface area contributed by atoms with Crippen molar-refractivity contribution in [1.82, 2.24) is 30.2 Å². The molecule has 4 atom stereocenters. The third-order valence-corrected chi connectivity index (χ3v) is 4.99. The van der Waals surface area contributed by atoms with Crippen LogP contribution in [0, 0.1) is 0 Å². The van der Waals surface area contributed by atoms with Crippen molar-refractivity contribution < 1.29 is 23.8 Å². The molecule has 2 aliphatic heterocycles. The Balaban J connectivity index is 1.65. The number of hydrogen-bond donors (Lipinski definition) is 3. The third-order valence-electron chi connectivity index (χ3n) is 4.99. The highest BCUT2D eigenvalue weighted by molar-refractivity contribution is 5.96. The van der Waals surface area contributed by atoms with E-state index in [0.29, 0.717) is 17.7 Å². The smallest absolute Gasteiger partial charge is 0.320 e. The molecule has 174 valence electrons. The molecule has 0 saturated carbocycles. The van der Waals surface area contributed by atoms with Crippen LogP contribution in [-0.4, -0.2) is 67.6 Å². The van der Waals surface area contributed by atoms with Crippen molar-refractivity contribution in [2.45, 2.75) is 77.4 Å². The van der Waals surface area contributed by atoms with Crippen LogP contribution in [-0.2, 0) is 19.0 Å². The Morgan fingerprint density at radius 3 is 2.56 bits per heavy atom. The van der Waals surface area contributed by atoms with Crippen LogP contribution < -0.4 is 16.0 Å². The van der Waals surface area contributed by atoms with Crippen LogP contribution in [0.25, 0.3) is 11.2 Å². The highest BCUT2D eigenvalue weighted by Crippen LogP contribution is 2.43. The maximum Gasteiger partial charge on any atom is 0.320 e. The van der Waals surface area contributed by atoms with Gasteiger partial charge in [-0.05, 0) is 41.5 Å². The zero-order valence-corrected chi connectivity index (χ0v) is 19.0. The van der Waals surface area contributed by atoms with Crippen molar-refractivity contribution in [3.05, 3.63) is 12.7 Å². The lowest BCUT2D eigenvalue weighted by Gasteiger charge is -2.24. The van der Waals surface area contributed by atoms with E-state index in [2.05, 4.69) is 30.9 Å². The maximum absolute atomic E-state index is 12.6. The summed E-state index contributed by atoms with van der Waals surface area (Å²) in [7, 11) is 0. The summed E-state index contributed by atoms with van der Waals surface area (Å²) in [6.07, 6.45) is 0.174. The Hall–Kier alpha value is -2.83. The molecule has 2 saturated heterocycles. The number of likely N-dealkylation sites (N-methyl/N-ethyl adjacent to an activating group) is 1. The molecule has 32 heavy (non-hydrogen) atoms. The van der Waals surface area contributed by atoms with E-state index in [1.807, 2.05) is 27.7 Å². The van der Waals surface area contributed by atoms with Gasteiger partial charge in [-0.15, -0.1) is 0 Å². The van der Waals surface area contributed by atoms with E-state index in [9.17, 15) is 9.59 Å². The van der Waals surface area contributed by atoms with E-state index in [1.54, 1.807) is 18.4 Å². The van der Waals surface area contributed by atoms with Gasteiger partial charge in [0.1, 0.15) is 18.5 Å². The molecule has 0 aliphatic carbocycles. The summed E-state index contributed by atoms with van der Waals surface area (Å²) < 4.78 is 19.8. The van der Waals surface area contributed by atoms with Gasteiger partial charge in [0.2, 0.25) is 0 Å². The normalized spacial score (nSPS) is 26.7. The number of imidazole rings is 1. The predicted molar refractivity (Wildman–Crippen MR) is 114 cm³/mol. The molecule has 3 N–H and O–H groups in total. The Bertz CT molecular complexity index is 1030. The number of ether oxygens (including phenoxy) is 3. The fourth-order valence-electron chi connectivity index (χ4n) is 3.90. The molecule has 0 spiro atoms. The number of nitrogens with zero attached hydrogens (tertiary/aromatic N) is 4. The fourth-order valence-corrected chi connectivity index (χ4v) is 3.90. The molecule has 2 aliphatic rings. The second-order valence-corrected chi connectivity index (χ2v) is 9.28. The second-order valence-electron chi connectivity index (χ2n) is 9.28. The van der Waals surface area contributed by atoms with E-state index in [-0.39, 0.29) is 11.7 Å². The monoisotopic (exact) mass is 447 g/mol. The van der Waals surface area contributed by atoms with Gasteiger partial charge in [-0.25, -0.2) is 19.7 Å². The number of fused-ring (bicyclic) bond motifs is 2. The van der Waals surface area contributed by atoms with Crippen LogP contribution in [0.1, 0.15) is 47.8 Å². The molecule has 2 aromatic heterocycles. The molecule has 0 aromatic carbocycles. The lowest BCUT2D eigenvalue weighted by molar-refractivity contribution is -0.197. The van der Waals surface area contributed by atoms with E-state index in [4.69, 9.17) is 14.2 Å². The van der Waals surface area contributed by atoms with Crippen molar-refractivity contribution in [3.8, 4) is 0 Å². The van der Waals surface area contributed by atoms with Crippen molar-refractivity contribution in [2.75, 3.05) is 11.9 Å². The van der Waals surface area contributed by atoms with Gasteiger partial charge in [-0.2, -0.15) is 0 Å². The molecule has 4 rings (SSSR count). The molecule has 2 aromatic rings. The Morgan fingerprint density at radius 1 is 1.16 bits per heavy atom. The van der Waals surface area contributed by atoms with Crippen LogP contribution in [0.5, 0.6) is 0 Å². The molecule has 0 bridgehead atoms. The van der Waals surface area contributed by atoms with Crippen LogP contribution in [0.2, 0.25) is 0 Å². The first kappa shape index (κ1) is 22.4. The third kappa shape index (κ3) is 4.25. The van der Waals surface area contributed by atoms with Gasteiger partial charge in [-0.1, -0.05) is 0 Å². The molecular weight excluding hydrogens is 418 g/mol. The molecule has 0 unspecified atom stereocenters. The Labute approximate surface area is 185 Å². The number of urea groups is 1. The highest BCUT2D eigenvalue weighted by atomic mass is 16.8. The summed E-state index contributed by atoms with van der Waals surface area (Å²) in [4.78, 5) is 37.8. The van der Waals surface area contributed by atoms with Crippen LogP contribution in [0.4, 0.5) is 10.6 Å². The Kier molecular flexibility index (Phi) is 5.55. The Morgan fingerprint density at radius 2 is 1.88 bits per heavy atom.